The highest BCUT2D eigenvalue weighted by Gasteiger charge is 2.33. The Labute approximate surface area is 135 Å². The van der Waals surface area contributed by atoms with Crippen molar-refractivity contribution in [1.82, 2.24) is 14.2 Å². The number of benzene rings is 1. The van der Waals surface area contributed by atoms with E-state index >= 15 is 0 Å². The van der Waals surface area contributed by atoms with Crippen LogP contribution >= 0.6 is 0 Å². The largest absolute Gasteiger partial charge is 0.370 e. The monoisotopic (exact) mass is 333 g/mol. The first kappa shape index (κ1) is 15.7. The topological polar surface area (TPSA) is 103 Å². The Morgan fingerprint density at radius 3 is 2.83 bits per heavy atom. The van der Waals surface area contributed by atoms with E-state index in [2.05, 4.69) is 4.98 Å². The second kappa shape index (κ2) is 5.78. The van der Waals surface area contributed by atoms with Gasteiger partial charge >= 0.3 is 0 Å². The van der Waals surface area contributed by atoms with Crippen molar-refractivity contribution in [2.45, 2.75) is 17.9 Å². The van der Waals surface area contributed by atoms with Crippen molar-refractivity contribution in [1.29, 1.82) is 5.41 Å². The molecule has 1 aromatic heterocycles. The number of pyridine rings is 1. The Kier molecular flexibility index (Phi) is 3.95. The van der Waals surface area contributed by atoms with Gasteiger partial charge in [-0.25, -0.2) is 8.42 Å². The van der Waals surface area contributed by atoms with Gasteiger partial charge in [-0.1, -0.05) is 12.1 Å². The first-order valence-corrected chi connectivity index (χ1v) is 8.79. The molecule has 1 fully saturated rings. The number of sulfonamides is 1. The molecule has 23 heavy (non-hydrogen) atoms. The molecule has 122 valence electrons. The van der Waals surface area contributed by atoms with Gasteiger partial charge < -0.3 is 10.6 Å². The van der Waals surface area contributed by atoms with Gasteiger partial charge in [0, 0.05) is 48.8 Å². The summed E-state index contributed by atoms with van der Waals surface area (Å²) < 4.78 is 27.5. The van der Waals surface area contributed by atoms with Crippen molar-refractivity contribution in [3.63, 3.8) is 0 Å². The lowest BCUT2D eigenvalue weighted by atomic mass is 10.2. The summed E-state index contributed by atoms with van der Waals surface area (Å²) in [5, 5.41) is 9.01. The molecule has 0 spiro atoms. The average Bonchev–Trinajstić information content (AvgIpc) is 2.53. The van der Waals surface area contributed by atoms with Gasteiger partial charge in [0.05, 0.1) is 4.90 Å². The van der Waals surface area contributed by atoms with Gasteiger partial charge in [-0.15, -0.1) is 0 Å². The lowest BCUT2D eigenvalue weighted by Crippen LogP contribution is -2.56. The second-order valence-corrected chi connectivity index (χ2v) is 7.55. The van der Waals surface area contributed by atoms with Crippen molar-refractivity contribution < 1.29 is 8.42 Å². The number of aromatic nitrogens is 1. The van der Waals surface area contributed by atoms with Crippen LogP contribution in [0.2, 0.25) is 0 Å². The molecule has 2 heterocycles. The molecule has 0 amide bonds. The van der Waals surface area contributed by atoms with Crippen LogP contribution in [0.15, 0.2) is 41.6 Å². The summed E-state index contributed by atoms with van der Waals surface area (Å²) in [4.78, 5) is 6.04. The molecule has 0 saturated carbocycles. The van der Waals surface area contributed by atoms with Gasteiger partial charge in [0.25, 0.3) is 0 Å². The van der Waals surface area contributed by atoms with Crippen molar-refractivity contribution >= 4 is 26.8 Å². The van der Waals surface area contributed by atoms with E-state index in [-0.39, 0.29) is 12.0 Å². The van der Waals surface area contributed by atoms with E-state index in [9.17, 15) is 8.42 Å². The number of nitrogens with one attached hydrogen (secondary N) is 1. The van der Waals surface area contributed by atoms with Crippen LogP contribution in [0.3, 0.4) is 0 Å². The first-order chi connectivity index (χ1) is 10.9. The Morgan fingerprint density at radius 1 is 1.35 bits per heavy atom. The Morgan fingerprint density at radius 2 is 2.13 bits per heavy atom. The van der Waals surface area contributed by atoms with Gasteiger partial charge in [0.15, 0.2) is 5.96 Å². The maximum absolute atomic E-state index is 13.0. The molecule has 1 aromatic carbocycles. The highest BCUT2D eigenvalue weighted by atomic mass is 32.2. The third kappa shape index (κ3) is 2.75. The molecule has 3 rings (SSSR count). The van der Waals surface area contributed by atoms with E-state index in [0.717, 1.165) is 5.39 Å². The van der Waals surface area contributed by atoms with Gasteiger partial charge in [-0.2, -0.15) is 4.31 Å². The Hall–Kier alpha value is -2.19. The third-order valence-electron chi connectivity index (χ3n) is 4.16. The summed E-state index contributed by atoms with van der Waals surface area (Å²) in [7, 11) is -3.60. The first-order valence-electron chi connectivity index (χ1n) is 7.35. The predicted octanol–water partition coefficient (Wildman–Crippen LogP) is 0.823. The van der Waals surface area contributed by atoms with E-state index in [0.29, 0.717) is 29.9 Å². The number of hydrogen-bond acceptors (Lipinski definition) is 4. The fourth-order valence-corrected chi connectivity index (χ4v) is 4.68. The number of hydrogen-bond donors (Lipinski definition) is 2. The highest BCUT2D eigenvalue weighted by Crippen LogP contribution is 2.26. The standard InChI is InChI=1S/C15H19N5O2S/c1-11-10-19(7-8-20(11)15(16)17)23(21,22)14-4-2-3-12-9-18-6-5-13(12)14/h2-6,9,11H,7-8,10H2,1H3,(H3,16,17). The molecule has 0 bridgehead atoms. The van der Waals surface area contributed by atoms with E-state index in [4.69, 9.17) is 11.1 Å². The number of piperazine rings is 1. The minimum absolute atomic E-state index is 0.0224. The molecule has 7 nitrogen and oxygen atoms in total. The van der Waals surface area contributed by atoms with Crippen LogP contribution in [0, 0.1) is 5.41 Å². The molecule has 1 aliphatic rings. The fourth-order valence-electron chi connectivity index (χ4n) is 2.96. The summed E-state index contributed by atoms with van der Waals surface area (Å²) in [6.07, 6.45) is 3.25. The van der Waals surface area contributed by atoms with Crippen molar-refractivity contribution in [2.24, 2.45) is 5.73 Å². The van der Waals surface area contributed by atoms with Crippen LogP contribution in [0.1, 0.15) is 6.92 Å². The van der Waals surface area contributed by atoms with Crippen LogP contribution in [-0.4, -0.2) is 54.2 Å². The number of nitrogens with two attached hydrogens (primary N) is 1. The minimum atomic E-state index is -3.60. The maximum atomic E-state index is 13.0. The molecular weight excluding hydrogens is 314 g/mol. The van der Waals surface area contributed by atoms with E-state index in [1.54, 1.807) is 35.5 Å². The van der Waals surface area contributed by atoms with Crippen LogP contribution in [0.5, 0.6) is 0 Å². The van der Waals surface area contributed by atoms with E-state index in [1.165, 1.54) is 4.31 Å². The van der Waals surface area contributed by atoms with Crippen LogP contribution < -0.4 is 5.73 Å². The Balaban J connectivity index is 1.97. The molecule has 0 aliphatic carbocycles. The summed E-state index contributed by atoms with van der Waals surface area (Å²) >= 11 is 0. The fraction of sp³-hybridized carbons (Fsp3) is 0.333. The van der Waals surface area contributed by atoms with Crippen molar-refractivity contribution in [3.05, 3.63) is 36.7 Å². The highest BCUT2D eigenvalue weighted by molar-refractivity contribution is 7.89. The smallest absolute Gasteiger partial charge is 0.243 e. The molecule has 8 heteroatoms. The van der Waals surface area contributed by atoms with Crippen LogP contribution in [0.4, 0.5) is 0 Å². The van der Waals surface area contributed by atoms with Gasteiger partial charge in [0.2, 0.25) is 10.0 Å². The van der Waals surface area contributed by atoms with E-state index in [1.807, 2.05) is 13.0 Å². The van der Waals surface area contributed by atoms with Crippen molar-refractivity contribution in [3.8, 4) is 0 Å². The number of fused-ring (bicyclic) bond motifs is 1. The van der Waals surface area contributed by atoms with Crippen LogP contribution in [0.25, 0.3) is 10.8 Å². The molecule has 1 unspecified atom stereocenters. The minimum Gasteiger partial charge on any atom is -0.370 e. The molecule has 1 atom stereocenters. The predicted molar refractivity (Wildman–Crippen MR) is 88.6 cm³/mol. The number of guanidine groups is 1. The van der Waals surface area contributed by atoms with Gasteiger partial charge in [0.1, 0.15) is 0 Å². The summed E-state index contributed by atoms with van der Waals surface area (Å²) in [5.41, 5.74) is 5.53. The molecular formula is C15H19N5O2S. The third-order valence-corrected chi connectivity index (χ3v) is 6.08. The molecule has 2 aromatic rings. The molecule has 1 aliphatic heterocycles. The quantitative estimate of drug-likeness (QED) is 0.626. The van der Waals surface area contributed by atoms with Crippen LogP contribution in [-0.2, 0) is 10.0 Å². The maximum Gasteiger partial charge on any atom is 0.243 e. The van der Waals surface area contributed by atoms with Gasteiger partial charge in [-0.05, 0) is 19.1 Å². The van der Waals surface area contributed by atoms with Gasteiger partial charge in [-0.3, -0.25) is 10.4 Å². The van der Waals surface area contributed by atoms with Crippen molar-refractivity contribution in [2.75, 3.05) is 19.6 Å². The number of nitrogens with zero attached hydrogens (tertiary/aromatic N) is 3. The molecule has 1 saturated heterocycles. The summed E-state index contributed by atoms with van der Waals surface area (Å²) in [6, 6.07) is 6.79. The normalized spacial score (nSPS) is 19.9. The summed E-state index contributed by atoms with van der Waals surface area (Å²) in [5.74, 6) is -0.0224. The number of rotatable bonds is 2. The SMILES string of the molecule is CC1CN(S(=O)(=O)c2cccc3cnccc23)CCN1C(=N)N. The lowest BCUT2D eigenvalue weighted by Gasteiger charge is -2.39. The second-order valence-electron chi connectivity index (χ2n) is 5.64. The molecule has 3 N–H and O–H groups in total. The van der Waals surface area contributed by atoms with E-state index < -0.39 is 10.0 Å². The zero-order valence-electron chi connectivity index (χ0n) is 12.8. The lowest BCUT2D eigenvalue weighted by molar-refractivity contribution is 0.200. The average molecular weight is 333 g/mol. The summed E-state index contributed by atoms with van der Waals surface area (Å²) in [6.45, 7) is 2.91. The molecule has 0 radical (unpaired) electrons. The zero-order chi connectivity index (χ0) is 16.6. The zero-order valence-corrected chi connectivity index (χ0v) is 13.6. The Bertz CT molecular complexity index is 847.